The predicted octanol–water partition coefficient (Wildman–Crippen LogP) is 4.65. The summed E-state index contributed by atoms with van der Waals surface area (Å²) < 4.78 is 0. The highest BCUT2D eigenvalue weighted by Gasteiger charge is 2.38. The van der Waals surface area contributed by atoms with E-state index in [0.29, 0.717) is 0 Å². The third-order valence-electron chi connectivity index (χ3n) is 5.07. The van der Waals surface area contributed by atoms with Crippen molar-refractivity contribution >= 4 is 23.2 Å². The first-order chi connectivity index (χ1) is 12.3. The van der Waals surface area contributed by atoms with Gasteiger partial charge >= 0.3 is 0 Å². The normalized spacial score (nSPS) is 17.0. The average molecular weight is 346 g/mol. The number of para-hydroxylation sites is 1. The van der Waals surface area contributed by atoms with Crippen molar-refractivity contribution in [3.05, 3.63) is 77.5 Å². The van der Waals surface area contributed by atoms with Crippen LogP contribution in [-0.2, 0) is 10.2 Å². The number of carbonyl (C=O) groups is 1. The molecular formula is C23H26N2O. The van der Waals surface area contributed by atoms with E-state index in [4.69, 9.17) is 0 Å². The summed E-state index contributed by atoms with van der Waals surface area (Å²) in [7, 11) is 6.05. The van der Waals surface area contributed by atoms with E-state index in [1.54, 1.807) is 12.2 Å². The summed E-state index contributed by atoms with van der Waals surface area (Å²) in [6.45, 7) is 4.33. The fourth-order valence-corrected chi connectivity index (χ4v) is 3.50. The van der Waals surface area contributed by atoms with E-state index in [1.807, 2.05) is 57.6 Å². The highest BCUT2D eigenvalue weighted by atomic mass is 16.1. The molecule has 0 amide bonds. The molecule has 0 N–H and O–H groups in total. The molecule has 0 atom stereocenters. The Kier molecular flexibility index (Phi) is 4.73. The molecule has 0 spiro atoms. The number of allylic oxidation sites excluding steroid dienone is 3. The first kappa shape index (κ1) is 18.0. The van der Waals surface area contributed by atoms with Gasteiger partial charge in [0.05, 0.1) is 0 Å². The van der Waals surface area contributed by atoms with E-state index < -0.39 is 0 Å². The van der Waals surface area contributed by atoms with Crippen LogP contribution in [0.1, 0.15) is 25.0 Å². The Morgan fingerprint density at radius 1 is 1.04 bits per heavy atom. The molecule has 2 aromatic carbocycles. The van der Waals surface area contributed by atoms with Gasteiger partial charge in [0, 0.05) is 49.7 Å². The molecule has 3 nitrogen and oxygen atoms in total. The van der Waals surface area contributed by atoms with Crippen molar-refractivity contribution in [1.29, 1.82) is 0 Å². The summed E-state index contributed by atoms with van der Waals surface area (Å²) in [5, 5.41) is 0. The summed E-state index contributed by atoms with van der Waals surface area (Å²) in [6, 6.07) is 16.5. The largest absolute Gasteiger partial charge is 0.378 e. The molecule has 0 fully saturated rings. The molecule has 134 valence electrons. The molecule has 0 bridgehead atoms. The van der Waals surface area contributed by atoms with Crippen LogP contribution in [0.15, 0.2) is 66.4 Å². The molecule has 0 aliphatic carbocycles. The fourth-order valence-electron chi connectivity index (χ4n) is 3.50. The molecule has 1 aliphatic rings. The van der Waals surface area contributed by atoms with Crippen molar-refractivity contribution in [2.45, 2.75) is 19.3 Å². The molecule has 3 heteroatoms. The highest BCUT2D eigenvalue weighted by molar-refractivity contribution is 6.03. The van der Waals surface area contributed by atoms with Gasteiger partial charge in [0.25, 0.3) is 0 Å². The van der Waals surface area contributed by atoms with Gasteiger partial charge in [-0.1, -0.05) is 50.3 Å². The second kappa shape index (κ2) is 6.83. The molecular weight excluding hydrogens is 320 g/mol. The minimum atomic E-state index is -0.178. The van der Waals surface area contributed by atoms with Crippen LogP contribution in [-0.4, -0.2) is 26.9 Å². The Balaban J connectivity index is 1.81. The number of hydrogen-bond acceptors (Lipinski definition) is 3. The zero-order valence-corrected chi connectivity index (χ0v) is 16.2. The molecule has 0 radical (unpaired) electrons. The number of likely N-dealkylation sites (N-methyl/N-ethyl adjacent to an activating group) is 1. The zero-order valence-electron chi connectivity index (χ0n) is 16.2. The first-order valence-electron chi connectivity index (χ1n) is 8.85. The topological polar surface area (TPSA) is 23.6 Å². The smallest absolute Gasteiger partial charge is 0.180 e. The van der Waals surface area contributed by atoms with E-state index in [0.717, 1.165) is 16.9 Å². The summed E-state index contributed by atoms with van der Waals surface area (Å²) in [4.78, 5) is 16.7. The van der Waals surface area contributed by atoms with Gasteiger partial charge in [-0.2, -0.15) is 0 Å². The van der Waals surface area contributed by atoms with E-state index in [9.17, 15) is 4.79 Å². The lowest BCUT2D eigenvalue weighted by molar-refractivity contribution is -0.110. The van der Waals surface area contributed by atoms with Crippen LogP contribution in [0.4, 0.5) is 11.4 Å². The zero-order chi connectivity index (χ0) is 18.9. The third kappa shape index (κ3) is 3.30. The lowest BCUT2D eigenvalue weighted by Crippen LogP contribution is -2.23. The van der Waals surface area contributed by atoms with E-state index >= 15 is 0 Å². The standard InChI is InChI=1S/C23H26N2O/c1-23(2)20-8-6-7-9-21(20)25(5)22(23)16-19(26)15-12-17-10-13-18(14-11-17)24(3)4/h6-16H,1-5H3/b15-12+,22-16+. The third-order valence-corrected chi connectivity index (χ3v) is 5.07. The second-order valence-corrected chi connectivity index (χ2v) is 7.45. The molecule has 1 aliphatic heterocycles. The maximum atomic E-state index is 12.5. The Morgan fingerprint density at radius 3 is 2.31 bits per heavy atom. The lowest BCUT2D eigenvalue weighted by Gasteiger charge is -2.23. The van der Waals surface area contributed by atoms with Crippen molar-refractivity contribution in [1.82, 2.24) is 0 Å². The number of nitrogens with zero attached hydrogens (tertiary/aromatic N) is 2. The maximum Gasteiger partial charge on any atom is 0.180 e. The summed E-state index contributed by atoms with van der Waals surface area (Å²) >= 11 is 0. The number of hydrogen-bond donors (Lipinski definition) is 0. The van der Waals surface area contributed by atoms with Crippen LogP contribution < -0.4 is 9.80 Å². The first-order valence-corrected chi connectivity index (χ1v) is 8.85. The van der Waals surface area contributed by atoms with Gasteiger partial charge in [0.15, 0.2) is 5.78 Å². The van der Waals surface area contributed by atoms with Crippen molar-refractivity contribution < 1.29 is 4.79 Å². The average Bonchev–Trinajstić information content (AvgIpc) is 2.81. The van der Waals surface area contributed by atoms with E-state index in [-0.39, 0.29) is 11.2 Å². The fraction of sp³-hybridized carbons (Fsp3) is 0.261. The number of carbonyl (C=O) groups excluding carboxylic acids is 1. The highest BCUT2D eigenvalue weighted by Crippen LogP contribution is 2.46. The molecule has 26 heavy (non-hydrogen) atoms. The van der Waals surface area contributed by atoms with Crippen LogP contribution in [0.5, 0.6) is 0 Å². The number of fused-ring (bicyclic) bond motifs is 1. The monoisotopic (exact) mass is 346 g/mol. The van der Waals surface area contributed by atoms with Crippen molar-refractivity contribution in [3.8, 4) is 0 Å². The Labute approximate surface area is 156 Å². The SMILES string of the molecule is CN(C)c1ccc(/C=C/C(=O)/C=C2/N(C)c3ccccc3C2(C)C)cc1. The minimum Gasteiger partial charge on any atom is -0.378 e. The number of rotatable bonds is 4. The minimum absolute atomic E-state index is 0.00409. The van der Waals surface area contributed by atoms with Gasteiger partial charge in [-0.25, -0.2) is 0 Å². The number of benzene rings is 2. The van der Waals surface area contributed by atoms with E-state index in [2.05, 4.69) is 41.8 Å². The Morgan fingerprint density at radius 2 is 1.69 bits per heavy atom. The molecule has 1 heterocycles. The second-order valence-electron chi connectivity index (χ2n) is 7.45. The van der Waals surface area contributed by atoms with E-state index in [1.165, 1.54) is 11.3 Å². The van der Waals surface area contributed by atoms with Crippen LogP contribution in [0, 0.1) is 0 Å². The van der Waals surface area contributed by atoms with Gasteiger partial charge in [-0.3, -0.25) is 4.79 Å². The lowest BCUT2D eigenvalue weighted by atomic mass is 9.83. The maximum absolute atomic E-state index is 12.5. The van der Waals surface area contributed by atoms with Crippen molar-refractivity contribution in [2.75, 3.05) is 30.9 Å². The predicted molar refractivity (Wildman–Crippen MR) is 111 cm³/mol. The molecule has 0 aromatic heterocycles. The van der Waals surface area contributed by atoms with Gasteiger partial charge < -0.3 is 9.80 Å². The van der Waals surface area contributed by atoms with Crippen molar-refractivity contribution in [2.24, 2.45) is 0 Å². The summed E-state index contributed by atoms with van der Waals surface area (Å²) in [5.74, 6) is 0.00409. The molecule has 3 rings (SSSR count). The van der Waals surface area contributed by atoms with Crippen LogP contribution in [0.2, 0.25) is 0 Å². The molecule has 0 saturated heterocycles. The van der Waals surface area contributed by atoms with Gasteiger partial charge in [-0.05, 0) is 35.4 Å². The van der Waals surface area contributed by atoms with Crippen LogP contribution >= 0.6 is 0 Å². The van der Waals surface area contributed by atoms with Gasteiger partial charge in [0.1, 0.15) is 0 Å². The number of ketones is 1. The Bertz CT molecular complexity index is 873. The summed E-state index contributed by atoms with van der Waals surface area (Å²) in [5.41, 5.74) is 5.43. The van der Waals surface area contributed by atoms with Crippen molar-refractivity contribution in [3.63, 3.8) is 0 Å². The van der Waals surface area contributed by atoms with Gasteiger partial charge in [-0.15, -0.1) is 0 Å². The van der Waals surface area contributed by atoms with Gasteiger partial charge in [0.2, 0.25) is 0 Å². The number of anilines is 2. The van der Waals surface area contributed by atoms with Crippen LogP contribution in [0.25, 0.3) is 6.08 Å². The summed E-state index contributed by atoms with van der Waals surface area (Å²) in [6.07, 6.45) is 5.27. The molecule has 2 aromatic rings. The van der Waals surface area contributed by atoms with Crippen LogP contribution in [0.3, 0.4) is 0 Å². The quantitative estimate of drug-likeness (QED) is 0.753. The Hall–Kier alpha value is -2.81. The molecule has 0 unspecified atom stereocenters. The molecule has 0 saturated carbocycles.